The average Bonchev–Trinajstić information content (AvgIpc) is 3.66. The smallest absolute Gasteiger partial charge is 0.287 e. The molecule has 0 bridgehead atoms. The molecule has 1 saturated heterocycles. The number of hydrogen-bond donors (Lipinski definition) is 3. The van der Waals surface area contributed by atoms with E-state index in [1.807, 2.05) is 28.8 Å². The van der Waals surface area contributed by atoms with Gasteiger partial charge in [-0.3, -0.25) is 9.20 Å². The Morgan fingerprint density at radius 3 is 2.75 bits per heavy atom. The van der Waals surface area contributed by atoms with E-state index in [0.717, 1.165) is 61.7 Å². The zero-order valence-corrected chi connectivity index (χ0v) is 25.7. The summed E-state index contributed by atoms with van der Waals surface area (Å²) < 4.78 is 3.66. The summed E-state index contributed by atoms with van der Waals surface area (Å²) in [7, 11) is 0. The number of hydrogen-bond acceptors (Lipinski definition) is 10. The third-order valence-electron chi connectivity index (χ3n) is 9.46. The van der Waals surface area contributed by atoms with Crippen LogP contribution in [0.3, 0.4) is 0 Å². The van der Waals surface area contributed by atoms with E-state index in [1.54, 1.807) is 22.9 Å². The second-order valence-electron chi connectivity index (χ2n) is 11.9. The van der Waals surface area contributed by atoms with Crippen LogP contribution in [0.2, 0.25) is 5.02 Å². The standard InChI is InChI=1S/C31H33ClN8O3S/c32-26-19(36-28(42)25-20(18-41)39-13-2-1-8-24(39)37-29(25)43)5-3-6-21(26)44-22-17-35-30(40-16-12-34-27(22)40)38-14-10-31(11-15-38)9-4-7-23(31)33/h3,5-6,12,16-17,23,36,42H,1-2,4,7-11,13-15,33H2/t23-/m1/s1. The van der Waals surface area contributed by atoms with Gasteiger partial charge in [0.1, 0.15) is 16.4 Å². The van der Waals surface area contributed by atoms with Crippen LogP contribution in [0.1, 0.15) is 50.8 Å². The van der Waals surface area contributed by atoms with Gasteiger partial charge in [0.05, 0.1) is 15.6 Å². The second kappa shape index (κ2) is 11.6. The number of anilines is 2. The number of nitrogens with zero attached hydrogens (tertiary/aromatic N) is 6. The lowest BCUT2D eigenvalue weighted by molar-refractivity contribution is 0.197. The molecule has 5 heterocycles. The minimum atomic E-state index is -0.689. The molecule has 44 heavy (non-hydrogen) atoms. The molecule has 1 aromatic carbocycles. The Morgan fingerprint density at radius 2 is 1.98 bits per heavy atom. The van der Waals surface area contributed by atoms with Crippen LogP contribution >= 0.6 is 23.4 Å². The average molecular weight is 633 g/mol. The van der Waals surface area contributed by atoms with Gasteiger partial charge in [0, 0.05) is 55.6 Å². The van der Waals surface area contributed by atoms with Crippen LogP contribution in [-0.2, 0) is 17.8 Å². The van der Waals surface area contributed by atoms with Gasteiger partial charge in [-0.25, -0.2) is 14.8 Å². The Labute approximate surface area is 262 Å². The van der Waals surface area contributed by atoms with Crippen LogP contribution in [0.15, 0.2) is 51.4 Å². The number of aliphatic hydroxyl groups is 1. The Kier molecular flexibility index (Phi) is 7.62. The minimum absolute atomic E-state index is 0.0193. The van der Waals surface area contributed by atoms with Gasteiger partial charge >= 0.3 is 0 Å². The first-order chi connectivity index (χ1) is 21.4. The molecule has 0 radical (unpaired) electrons. The molecule has 13 heteroatoms. The molecule has 1 saturated carbocycles. The maximum atomic E-state index is 12.8. The SMILES string of the molecule is N[C@@H]1CCCC12CCN(c1ncc(Sc3cccc(NC(O)=c4c(=O)nc5n(c4=C=O)CCCC5)c3Cl)c3nccn13)CC2. The number of piperidine rings is 1. The highest BCUT2D eigenvalue weighted by molar-refractivity contribution is 7.99. The largest absolute Gasteiger partial charge is 0.494 e. The number of nitrogens with one attached hydrogen (secondary N) is 1. The molecule has 3 aromatic heterocycles. The molecule has 1 aliphatic carbocycles. The van der Waals surface area contributed by atoms with Crippen molar-refractivity contribution in [3.63, 3.8) is 0 Å². The first-order valence-electron chi connectivity index (χ1n) is 15.0. The molecule has 7 rings (SSSR count). The molecule has 1 spiro atoms. The molecule has 4 N–H and O–H groups in total. The van der Waals surface area contributed by atoms with Crippen molar-refractivity contribution < 1.29 is 9.90 Å². The van der Waals surface area contributed by atoms with Gasteiger partial charge in [-0.15, -0.1) is 0 Å². The number of nitrogens with two attached hydrogens (primary N) is 1. The Balaban J connectivity index is 1.16. The fourth-order valence-electron chi connectivity index (χ4n) is 7.03. The summed E-state index contributed by atoms with van der Waals surface area (Å²) in [4.78, 5) is 42.1. The summed E-state index contributed by atoms with van der Waals surface area (Å²) in [6, 6.07) is 5.62. The zero-order valence-electron chi connectivity index (χ0n) is 24.1. The number of aliphatic hydroxyl groups excluding tert-OH is 1. The molecule has 4 aromatic rings. The van der Waals surface area contributed by atoms with E-state index in [9.17, 15) is 14.7 Å². The highest BCUT2D eigenvalue weighted by atomic mass is 35.5. The van der Waals surface area contributed by atoms with Gasteiger partial charge in [-0.2, -0.15) is 4.98 Å². The van der Waals surface area contributed by atoms with Crippen molar-refractivity contribution >= 4 is 52.5 Å². The van der Waals surface area contributed by atoms with E-state index in [-0.39, 0.29) is 16.0 Å². The van der Waals surface area contributed by atoms with E-state index in [1.165, 1.54) is 24.6 Å². The lowest BCUT2D eigenvalue weighted by Crippen LogP contribution is -2.52. The maximum absolute atomic E-state index is 12.8. The normalized spacial score (nSPS) is 20.0. The first-order valence-corrected chi connectivity index (χ1v) is 16.2. The van der Waals surface area contributed by atoms with Gasteiger partial charge in [0.15, 0.2) is 11.6 Å². The molecular formula is C31H33ClN8O3S. The molecule has 2 fully saturated rings. The van der Waals surface area contributed by atoms with Crippen molar-refractivity contribution in [3.05, 3.63) is 68.6 Å². The fraction of sp³-hybridized carbons (Fsp3) is 0.419. The van der Waals surface area contributed by atoms with Crippen molar-refractivity contribution in [1.29, 1.82) is 0 Å². The number of fused-ring (bicyclic) bond motifs is 2. The molecular weight excluding hydrogens is 600 g/mol. The first kappa shape index (κ1) is 28.9. The van der Waals surface area contributed by atoms with Gasteiger partial charge < -0.3 is 25.6 Å². The zero-order chi connectivity index (χ0) is 30.4. The third kappa shape index (κ3) is 4.95. The van der Waals surface area contributed by atoms with Crippen LogP contribution < -0.4 is 32.1 Å². The van der Waals surface area contributed by atoms with Gasteiger partial charge in [-0.05, 0) is 56.1 Å². The molecule has 11 nitrogen and oxygen atoms in total. The van der Waals surface area contributed by atoms with Crippen LogP contribution in [0, 0.1) is 5.41 Å². The fourth-order valence-corrected chi connectivity index (χ4v) is 8.25. The van der Waals surface area contributed by atoms with E-state index >= 15 is 0 Å². The Hall–Kier alpha value is -3.83. The second-order valence-corrected chi connectivity index (χ2v) is 13.3. The van der Waals surface area contributed by atoms with Crippen molar-refractivity contribution in [2.75, 3.05) is 23.3 Å². The summed E-state index contributed by atoms with van der Waals surface area (Å²) >= 11 is 8.22. The summed E-state index contributed by atoms with van der Waals surface area (Å²) in [5, 5.41) is 13.9. The minimum Gasteiger partial charge on any atom is -0.494 e. The summed E-state index contributed by atoms with van der Waals surface area (Å²) in [5.41, 5.74) is 7.21. The van der Waals surface area contributed by atoms with Gasteiger partial charge in [0.2, 0.25) is 11.8 Å². The van der Waals surface area contributed by atoms with Crippen LogP contribution in [0.4, 0.5) is 11.6 Å². The molecule has 0 amide bonds. The van der Waals surface area contributed by atoms with Crippen LogP contribution in [-0.4, -0.2) is 54.1 Å². The van der Waals surface area contributed by atoms with Crippen molar-refractivity contribution in [3.8, 4) is 0 Å². The highest BCUT2D eigenvalue weighted by Crippen LogP contribution is 2.46. The summed E-state index contributed by atoms with van der Waals surface area (Å²) in [6.07, 6.45) is 13.5. The lowest BCUT2D eigenvalue weighted by atomic mass is 9.74. The molecule has 2 aliphatic heterocycles. The monoisotopic (exact) mass is 632 g/mol. The Bertz CT molecular complexity index is 1960. The number of halogens is 1. The molecule has 228 valence electrons. The topological polar surface area (TPSA) is 144 Å². The highest BCUT2D eigenvalue weighted by Gasteiger charge is 2.43. The van der Waals surface area contributed by atoms with E-state index in [4.69, 9.17) is 22.3 Å². The van der Waals surface area contributed by atoms with Gasteiger partial charge in [0.25, 0.3) is 5.56 Å². The maximum Gasteiger partial charge on any atom is 0.287 e. The number of imidazole rings is 1. The molecule has 1 atom stereocenters. The predicted octanol–water partition coefficient (Wildman–Crippen LogP) is 2.76. The van der Waals surface area contributed by atoms with E-state index in [2.05, 4.69) is 20.2 Å². The van der Waals surface area contributed by atoms with E-state index < -0.39 is 11.4 Å². The summed E-state index contributed by atoms with van der Waals surface area (Å²) in [5.74, 6) is 2.72. The summed E-state index contributed by atoms with van der Waals surface area (Å²) in [6.45, 7) is 2.35. The van der Waals surface area contributed by atoms with Crippen molar-refractivity contribution in [2.24, 2.45) is 11.1 Å². The number of carbonyl (C=O) groups excluding carboxylic acids is 1. The number of rotatable bonds is 5. The predicted molar refractivity (Wildman–Crippen MR) is 169 cm³/mol. The molecule has 3 aliphatic rings. The Morgan fingerprint density at radius 1 is 1.14 bits per heavy atom. The number of aromatic nitrogens is 5. The number of aryl methyl sites for hydroxylation is 1. The lowest BCUT2D eigenvalue weighted by Gasteiger charge is -2.42. The van der Waals surface area contributed by atoms with Crippen LogP contribution in [0.25, 0.3) is 11.5 Å². The third-order valence-corrected chi connectivity index (χ3v) is 11.0. The number of benzene rings is 1. The van der Waals surface area contributed by atoms with Crippen molar-refractivity contribution in [2.45, 2.75) is 73.7 Å². The van der Waals surface area contributed by atoms with Crippen molar-refractivity contribution in [1.82, 2.24) is 23.9 Å². The van der Waals surface area contributed by atoms with E-state index in [0.29, 0.717) is 40.4 Å². The molecule has 0 unspecified atom stereocenters. The van der Waals surface area contributed by atoms with Gasteiger partial charge in [-0.1, -0.05) is 35.9 Å². The quantitative estimate of drug-likeness (QED) is 0.300. The van der Waals surface area contributed by atoms with Crippen LogP contribution in [0.5, 0.6) is 0 Å².